The number of hydrogen-bond donors (Lipinski definition) is 2. The number of H-pyrrole nitrogens is 1. The van der Waals surface area contributed by atoms with Crippen molar-refractivity contribution in [1.29, 1.82) is 0 Å². The summed E-state index contributed by atoms with van der Waals surface area (Å²) in [6.45, 7) is 33.4. The van der Waals surface area contributed by atoms with Gasteiger partial charge in [-0.15, -0.1) is 0 Å². The van der Waals surface area contributed by atoms with Gasteiger partial charge in [-0.3, -0.25) is 9.28 Å². The molecule has 0 spiro atoms. The van der Waals surface area contributed by atoms with Gasteiger partial charge < -0.3 is 29.8 Å². The van der Waals surface area contributed by atoms with Crippen LogP contribution in [0, 0.1) is 54.8 Å². The zero-order chi connectivity index (χ0) is 63.4. The Bertz CT molecular complexity index is 3570. The van der Waals surface area contributed by atoms with E-state index in [4.69, 9.17) is 0 Å². The number of benzene rings is 3. The number of aryl methyl sites for hydroxylation is 3. The van der Waals surface area contributed by atoms with E-state index in [-0.39, 0.29) is 18.4 Å². The number of rotatable bonds is 15. The van der Waals surface area contributed by atoms with Gasteiger partial charge in [-0.25, -0.2) is 16.8 Å². The number of anilines is 3. The first-order valence-electron chi connectivity index (χ1n) is 31.3. The Hall–Kier alpha value is -5.62. The fourth-order valence-electron chi connectivity index (χ4n) is 14.6. The van der Waals surface area contributed by atoms with Crippen molar-refractivity contribution in [2.24, 2.45) is 34.0 Å². The third-order valence-electron chi connectivity index (χ3n) is 19.0. The molecular weight excluding hydrogens is 1170 g/mol. The average molecular weight is 1270 g/mol. The molecule has 12 heterocycles. The van der Waals surface area contributed by atoms with Gasteiger partial charge in [0.1, 0.15) is 0 Å². The summed E-state index contributed by atoms with van der Waals surface area (Å²) in [4.78, 5) is 13.2. The Labute approximate surface area is 525 Å². The van der Waals surface area contributed by atoms with Crippen LogP contribution in [0.5, 0.6) is 0 Å². The highest BCUT2D eigenvalue weighted by atomic mass is 32.2. The molecule has 0 saturated carbocycles. The molecule has 22 heteroatoms. The molecule has 6 atom stereocenters. The molecule has 15 rings (SSSR count). The van der Waals surface area contributed by atoms with E-state index in [1.54, 1.807) is 12.4 Å². The summed E-state index contributed by atoms with van der Waals surface area (Å²) in [6.07, 6.45) is 19.3. The largest absolute Gasteiger partial charge is 0.366 e. The Morgan fingerprint density at radius 1 is 0.489 bits per heavy atom. The summed E-state index contributed by atoms with van der Waals surface area (Å²) >= 11 is 0. The number of nitrogens with zero attached hydrogens (tertiary/aromatic N) is 10. The van der Waals surface area contributed by atoms with Crippen LogP contribution in [0.3, 0.4) is 0 Å². The lowest BCUT2D eigenvalue weighted by atomic mass is 9.73. The van der Waals surface area contributed by atoms with E-state index >= 15 is 0 Å². The van der Waals surface area contributed by atoms with Crippen molar-refractivity contribution in [3.63, 3.8) is 0 Å². The normalized spacial score (nSPS) is 24.0. The Morgan fingerprint density at radius 2 is 0.886 bits per heavy atom. The van der Waals surface area contributed by atoms with E-state index in [2.05, 4.69) is 190 Å². The van der Waals surface area contributed by atoms with E-state index in [1.807, 2.05) is 12.4 Å². The second kappa shape index (κ2) is 27.5. The molecule has 0 aliphatic carbocycles. The van der Waals surface area contributed by atoms with Crippen LogP contribution in [0.4, 0.5) is 17.1 Å². The summed E-state index contributed by atoms with van der Waals surface area (Å²) < 4.78 is 73.1. The molecule has 482 valence electrons. The number of piperidine rings is 3. The van der Waals surface area contributed by atoms with E-state index in [1.165, 1.54) is 103 Å². The van der Waals surface area contributed by atoms with Crippen LogP contribution < -0.4 is 20.0 Å². The quantitative estimate of drug-likeness (QED) is 0.0928. The van der Waals surface area contributed by atoms with Crippen molar-refractivity contribution in [2.75, 3.05) is 112 Å². The molecule has 3 aromatic carbocycles. The summed E-state index contributed by atoms with van der Waals surface area (Å²) in [5.41, 5.74) is 12.0. The fraction of sp³-hybridized carbons (Fsp3) is 0.591. The molecule has 88 heavy (non-hydrogen) atoms. The molecule has 9 fully saturated rings. The first-order chi connectivity index (χ1) is 41.4. The number of nitrogens with one attached hydrogen (secondary N) is 2. The topological polar surface area (TPSA) is 204 Å². The van der Waals surface area contributed by atoms with Crippen LogP contribution in [-0.2, 0) is 53.6 Å². The van der Waals surface area contributed by atoms with Gasteiger partial charge in [0.25, 0.3) is 30.2 Å². The highest BCUT2D eigenvalue weighted by Crippen LogP contribution is 2.45. The van der Waals surface area contributed by atoms with Gasteiger partial charge in [0.15, 0.2) is 0 Å². The maximum atomic E-state index is 11.6. The van der Waals surface area contributed by atoms with Crippen molar-refractivity contribution in [2.45, 2.75) is 119 Å². The second-order valence-electron chi connectivity index (χ2n) is 28.2. The molecule has 3 aromatic heterocycles. The Morgan fingerprint density at radius 3 is 1.30 bits per heavy atom. The maximum absolute atomic E-state index is 11.6. The number of aromatic nitrogens is 6. The van der Waals surface area contributed by atoms with Crippen LogP contribution in [0.1, 0.15) is 94.2 Å². The van der Waals surface area contributed by atoms with Gasteiger partial charge in [0.05, 0.1) is 44.0 Å². The van der Waals surface area contributed by atoms with Crippen molar-refractivity contribution in [3.8, 4) is 0 Å². The van der Waals surface area contributed by atoms with Gasteiger partial charge >= 0.3 is 0 Å². The molecule has 2 N–H and O–H groups in total. The summed E-state index contributed by atoms with van der Waals surface area (Å²) in [5, 5.41) is 18.3. The van der Waals surface area contributed by atoms with E-state index in [0.717, 1.165) is 96.7 Å². The van der Waals surface area contributed by atoms with Crippen molar-refractivity contribution >= 4 is 47.2 Å². The molecule has 9 saturated heterocycles. The average Bonchev–Trinajstić information content (AvgIpc) is 3.70. The SMILES string of the molecule is CS(=O)(=O)OCCc1cnn(S(C)(=O)=O)c1.Cc1ccc(N2C[C@H]3CN(CCc4cn[nH]c4)CC2C(C)(C)C3)cc1.Cc1ccc(N2C[C@H]3CN(CCc4cnn(S(C)(=O)=O)c4)CC2C(C)(C)C3)cc1.Cc1ccc(N2C[C@H]3CNCC2C(C)(C)C3)cc1. The number of aromatic amines is 1. The van der Waals surface area contributed by atoms with Gasteiger partial charge in [-0.2, -0.15) is 31.9 Å². The highest BCUT2D eigenvalue weighted by Gasteiger charge is 2.48. The highest BCUT2D eigenvalue weighted by molar-refractivity contribution is 7.89. The molecule has 0 radical (unpaired) electrons. The first kappa shape index (κ1) is 66.8. The molecule has 9 aliphatic rings. The molecule has 6 aromatic rings. The van der Waals surface area contributed by atoms with Gasteiger partial charge in [0.2, 0.25) is 0 Å². The zero-order valence-corrected chi connectivity index (χ0v) is 56.6. The third kappa shape index (κ3) is 17.7. The minimum Gasteiger partial charge on any atom is -0.366 e. The lowest BCUT2D eigenvalue weighted by Gasteiger charge is -2.48. The maximum Gasteiger partial charge on any atom is 0.264 e. The lowest BCUT2D eigenvalue weighted by molar-refractivity contribution is 0.190. The Kier molecular flexibility index (Phi) is 20.8. The van der Waals surface area contributed by atoms with Crippen LogP contribution in [0.15, 0.2) is 110 Å². The summed E-state index contributed by atoms with van der Waals surface area (Å²) in [5.74, 6) is 2.18. The van der Waals surface area contributed by atoms with Gasteiger partial charge in [0, 0.05) is 126 Å². The van der Waals surface area contributed by atoms with Crippen LogP contribution >= 0.6 is 0 Å². The molecule has 19 nitrogen and oxygen atoms in total. The predicted molar refractivity (Wildman–Crippen MR) is 354 cm³/mol. The molecule has 3 unspecified atom stereocenters. The lowest BCUT2D eigenvalue weighted by Crippen LogP contribution is -2.54. The predicted octanol–water partition coefficient (Wildman–Crippen LogP) is 8.30. The molecule has 9 aliphatic heterocycles. The minimum absolute atomic E-state index is 0.0334. The third-order valence-corrected chi connectivity index (χ3v) is 21.3. The first-order valence-corrected chi connectivity index (χ1v) is 36.8. The fourth-order valence-corrected chi connectivity index (χ4v) is 16.1. The Balaban J connectivity index is 0.000000143. The van der Waals surface area contributed by atoms with Crippen LogP contribution in [0.25, 0.3) is 0 Å². The van der Waals surface area contributed by atoms with Crippen molar-refractivity contribution in [1.82, 2.24) is 43.7 Å². The van der Waals surface area contributed by atoms with Gasteiger partial charge in [-0.05, 0) is 147 Å². The number of hydrogen-bond acceptors (Lipinski definition) is 16. The number of fused-ring (bicyclic) bond motifs is 12. The molecular formula is C66H98N12O7S3. The summed E-state index contributed by atoms with van der Waals surface area (Å²) in [7, 11) is -10.2. The van der Waals surface area contributed by atoms with E-state index in [9.17, 15) is 25.3 Å². The monoisotopic (exact) mass is 1270 g/mol. The molecule has 6 bridgehead atoms. The minimum atomic E-state index is -3.46. The van der Waals surface area contributed by atoms with Crippen LogP contribution in [0.2, 0.25) is 0 Å². The smallest absolute Gasteiger partial charge is 0.264 e. The van der Waals surface area contributed by atoms with E-state index < -0.39 is 30.2 Å². The van der Waals surface area contributed by atoms with E-state index in [0.29, 0.717) is 40.4 Å². The standard InChI is InChI=1S/C22H32N4O2S.C21H30N4.C16H24N2.C7H12N2O5S2/c1-17-5-7-20(8-6-17)25-14-19-11-22(2,3)21(25)16-24(13-19)10-9-18-12-23-26(15-18)29(4,27)28;1-16-4-6-19(7-5-16)25-14-18-10-21(2,3)20(25)15-24(13-18)9-8-17-11-22-23-12-17;1-12-4-6-14(7-5-12)18-11-13-8-16(2,3)15(18)10-17-9-13;1-15(10,11)9-6-7(5-8-9)3-4-14-16(2,12)13/h5-8,12,15,19,21H,9-11,13-14,16H2,1-4H3;4-7,11-12,18,20H,8-10,13-15H2,1-3H3,(H,22,23);4-7,13,15,17H,8-11H2,1-3H3;5-6H,3-4H2,1-2H3/t19-,21?;18-,20?;13-,15?;/m111./s1. The van der Waals surface area contributed by atoms with Crippen molar-refractivity contribution in [3.05, 3.63) is 143 Å². The zero-order valence-electron chi connectivity index (χ0n) is 54.1. The summed E-state index contributed by atoms with van der Waals surface area (Å²) in [6, 6.07) is 28.8. The molecule has 0 amide bonds. The van der Waals surface area contributed by atoms with Gasteiger partial charge in [-0.1, -0.05) is 94.6 Å². The van der Waals surface area contributed by atoms with Crippen LogP contribution in [-0.4, -0.2) is 179 Å². The van der Waals surface area contributed by atoms with Crippen molar-refractivity contribution < 1.29 is 29.4 Å². The second-order valence-corrected chi connectivity index (χ2v) is 33.5.